The van der Waals surface area contributed by atoms with Crippen LogP contribution in [0, 0.1) is 0 Å². The van der Waals surface area contributed by atoms with E-state index in [2.05, 4.69) is 15.6 Å². The summed E-state index contributed by atoms with van der Waals surface area (Å²) >= 11 is 6.04. The zero-order valence-electron chi connectivity index (χ0n) is 17.9. The number of aromatic nitrogens is 1. The quantitative estimate of drug-likeness (QED) is 0.346. The van der Waals surface area contributed by atoms with Gasteiger partial charge in [0.15, 0.2) is 0 Å². The number of hydrogen-bond acceptors (Lipinski definition) is 3. The number of ether oxygens (including phenoxy) is 1. The molecular formula is C26H24ClN3O3. The molecule has 0 spiro atoms. The van der Waals surface area contributed by atoms with Gasteiger partial charge >= 0.3 is 6.09 Å². The number of rotatable bonds is 8. The van der Waals surface area contributed by atoms with E-state index in [4.69, 9.17) is 16.3 Å². The first-order chi connectivity index (χ1) is 16.1. The number of carbonyl (C=O) groups excluding carboxylic acids is 2. The van der Waals surface area contributed by atoms with Gasteiger partial charge in [-0.05, 0) is 34.9 Å². The Kier molecular flexibility index (Phi) is 7.27. The highest BCUT2D eigenvalue weighted by molar-refractivity contribution is 6.30. The second-order valence-corrected chi connectivity index (χ2v) is 8.11. The van der Waals surface area contributed by atoms with Gasteiger partial charge in [0.1, 0.15) is 12.6 Å². The van der Waals surface area contributed by atoms with E-state index in [1.54, 1.807) is 12.1 Å². The highest BCUT2D eigenvalue weighted by Crippen LogP contribution is 2.19. The number of alkyl carbamates (subject to hydrolysis) is 1. The number of aromatic amines is 1. The number of amides is 2. The first kappa shape index (κ1) is 22.4. The standard InChI is InChI=1S/C26H24ClN3O3/c27-21-10-6-9-19(13-21)15-29-25(31)24(14-20-16-28-23-12-5-4-11-22(20)23)30-26(32)33-17-18-7-2-1-3-8-18/h1-13,16,24,28H,14-15,17H2,(H,29,31)(H,30,32)/t24-/m0/s1. The Labute approximate surface area is 196 Å². The van der Waals surface area contributed by atoms with Crippen molar-refractivity contribution in [2.75, 3.05) is 0 Å². The summed E-state index contributed by atoms with van der Waals surface area (Å²) in [4.78, 5) is 28.8. The third kappa shape index (κ3) is 6.14. The number of fused-ring (bicyclic) bond motifs is 1. The maximum absolute atomic E-state index is 13.0. The molecule has 4 aromatic rings. The van der Waals surface area contributed by atoms with E-state index in [0.29, 0.717) is 18.0 Å². The van der Waals surface area contributed by atoms with Gasteiger partial charge in [-0.25, -0.2) is 4.79 Å². The fraction of sp³-hybridized carbons (Fsp3) is 0.154. The Bertz CT molecular complexity index is 1240. The van der Waals surface area contributed by atoms with Gasteiger partial charge in [-0.3, -0.25) is 4.79 Å². The Morgan fingerprint density at radius 2 is 1.70 bits per heavy atom. The van der Waals surface area contributed by atoms with E-state index in [-0.39, 0.29) is 12.5 Å². The largest absolute Gasteiger partial charge is 0.445 e. The number of halogens is 1. The van der Waals surface area contributed by atoms with Gasteiger partial charge in [-0.15, -0.1) is 0 Å². The molecular weight excluding hydrogens is 438 g/mol. The minimum Gasteiger partial charge on any atom is -0.445 e. The molecule has 6 nitrogen and oxygen atoms in total. The van der Waals surface area contributed by atoms with Crippen molar-refractivity contribution in [3.05, 3.63) is 107 Å². The number of nitrogens with one attached hydrogen (secondary N) is 3. The molecule has 0 fully saturated rings. The Hall–Kier alpha value is -3.77. The van der Waals surface area contributed by atoms with Crippen LogP contribution in [0.15, 0.2) is 85.1 Å². The average molecular weight is 462 g/mol. The summed E-state index contributed by atoms with van der Waals surface area (Å²) in [5, 5.41) is 7.21. The van der Waals surface area contributed by atoms with Crippen molar-refractivity contribution in [2.24, 2.45) is 0 Å². The Balaban J connectivity index is 1.45. The zero-order valence-corrected chi connectivity index (χ0v) is 18.6. The molecule has 0 radical (unpaired) electrons. The van der Waals surface area contributed by atoms with Crippen molar-refractivity contribution < 1.29 is 14.3 Å². The van der Waals surface area contributed by atoms with Gasteiger partial charge in [0.25, 0.3) is 0 Å². The Morgan fingerprint density at radius 1 is 0.939 bits per heavy atom. The molecule has 0 unspecified atom stereocenters. The molecule has 0 aliphatic rings. The van der Waals surface area contributed by atoms with Crippen LogP contribution in [0.4, 0.5) is 4.79 Å². The molecule has 3 aromatic carbocycles. The van der Waals surface area contributed by atoms with Gasteiger partial charge in [0, 0.05) is 35.1 Å². The second-order valence-electron chi connectivity index (χ2n) is 7.67. The summed E-state index contributed by atoms with van der Waals surface area (Å²) in [5.41, 5.74) is 3.63. The number of H-pyrrole nitrogens is 1. The van der Waals surface area contributed by atoms with Crippen molar-refractivity contribution in [3.8, 4) is 0 Å². The summed E-state index contributed by atoms with van der Waals surface area (Å²) < 4.78 is 5.34. The molecule has 0 aliphatic heterocycles. The summed E-state index contributed by atoms with van der Waals surface area (Å²) in [6.07, 6.45) is 1.52. The molecule has 0 bridgehead atoms. The highest BCUT2D eigenvalue weighted by Gasteiger charge is 2.23. The van der Waals surface area contributed by atoms with Crippen molar-refractivity contribution in [2.45, 2.75) is 25.6 Å². The summed E-state index contributed by atoms with van der Waals surface area (Å²) in [6.45, 7) is 0.418. The lowest BCUT2D eigenvalue weighted by molar-refractivity contribution is -0.123. The third-order valence-electron chi connectivity index (χ3n) is 5.28. The smallest absolute Gasteiger partial charge is 0.408 e. The Morgan fingerprint density at radius 3 is 2.52 bits per heavy atom. The van der Waals surface area contributed by atoms with E-state index in [0.717, 1.165) is 27.6 Å². The van der Waals surface area contributed by atoms with Crippen LogP contribution in [0.3, 0.4) is 0 Å². The van der Waals surface area contributed by atoms with Crippen LogP contribution < -0.4 is 10.6 Å². The summed E-state index contributed by atoms with van der Waals surface area (Å²) in [7, 11) is 0. The molecule has 168 valence electrons. The van der Waals surface area contributed by atoms with E-state index < -0.39 is 12.1 Å². The SMILES string of the molecule is O=C(N[C@@H](Cc1c[nH]c2ccccc12)C(=O)NCc1cccc(Cl)c1)OCc1ccccc1. The topological polar surface area (TPSA) is 83.2 Å². The van der Waals surface area contributed by atoms with Crippen LogP contribution in [-0.2, 0) is 29.1 Å². The van der Waals surface area contributed by atoms with Crippen molar-refractivity contribution in [1.29, 1.82) is 0 Å². The van der Waals surface area contributed by atoms with Crippen LogP contribution in [0.25, 0.3) is 10.9 Å². The highest BCUT2D eigenvalue weighted by atomic mass is 35.5. The predicted molar refractivity (Wildman–Crippen MR) is 129 cm³/mol. The molecule has 0 saturated carbocycles. The maximum Gasteiger partial charge on any atom is 0.408 e. The van der Waals surface area contributed by atoms with E-state index in [9.17, 15) is 9.59 Å². The first-order valence-electron chi connectivity index (χ1n) is 10.6. The van der Waals surface area contributed by atoms with Crippen LogP contribution in [0.5, 0.6) is 0 Å². The lowest BCUT2D eigenvalue weighted by Crippen LogP contribution is -2.48. The summed E-state index contributed by atoms with van der Waals surface area (Å²) in [6, 6.07) is 23.7. The molecule has 1 heterocycles. The summed E-state index contributed by atoms with van der Waals surface area (Å²) in [5.74, 6) is -0.308. The average Bonchev–Trinajstić information content (AvgIpc) is 3.24. The number of benzene rings is 3. The minimum atomic E-state index is -0.813. The van der Waals surface area contributed by atoms with Gasteiger partial charge in [0.05, 0.1) is 0 Å². The molecule has 2 amide bonds. The lowest BCUT2D eigenvalue weighted by Gasteiger charge is -2.18. The molecule has 3 N–H and O–H groups in total. The van der Waals surface area contributed by atoms with Crippen molar-refractivity contribution in [1.82, 2.24) is 15.6 Å². The fourth-order valence-electron chi connectivity index (χ4n) is 3.60. The van der Waals surface area contributed by atoms with Gasteiger partial charge in [-0.2, -0.15) is 0 Å². The van der Waals surface area contributed by atoms with E-state index in [1.165, 1.54) is 0 Å². The fourth-order valence-corrected chi connectivity index (χ4v) is 3.81. The molecule has 1 atom stereocenters. The molecule has 1 aromatic heterocycles. The predicted octanol–water partition coefficient (Wildman–Crippen LogP) is 4.98. The van der Waals surface area contributed by atoms with Gasteiger partial charge < -0.3 is 20.4 Å². The normalized spacial score (nSPS) is 11.7. The van der Waals surface area contributed by atoms with Crippen LogP contribution in [-0.4, -0.2) is 23.0 Å². The van der Waals surface area contributed by atoms with E-state index >= 15 is 0 Å². The second kappa shape index (κ2) is 10.7. The number of carbonyl (C=O) groups is 2. The van der Waals surface area contributed by atoms with Crippen LogP contribution in [0.1, 0.15) is 16.7 Å². The van der Waals surface area contributed by atoms with Crippen molar-refractivity contribution in [3.63, 3.8) is 0 Å². The van der Waals surface area contributed by atoms with Crippen molar-refractivity contribution >= 4 is 34.5 Å². The molecule has 0 saturated heterocycles. The number of para-hydroxylation sites is 1. The molecule has 0 aliphatic carbocycles. The van der Waals surface area contributed by atoms with E-state index in [1.807, 2.05) is 72.9 Å². The van der Waals surface area contributed by atoms with Gasteiger partial charge in [0.2, 0.25) is 5.91 Å². The monoisotopic (exact) mass is 461 g/mol. The minimum absolute atomic E-state index is 0.122. The number of hydrogen-bond donors (Lipinski definition) is 3. The molecule has 33 heavy (non-hydrogen) atoms. The zero-order chi connectivity index (χ0) is 23.0. The van der Waals surface area contributed by atoms with Gasteiger partial charge in [-0.1, -0.05) is 72.3 Å². The maximum atomic E-state index is 13.0. The first-order valence-corrected chi connectivity index (χ1v) is 11.0. The molecule has 7 heteroatoms. The van der Waals surface area contributed by atoms with Crippen LogP contribution >= 0.6 is 11.6 Å². The lowest BCUT2D eigenvalue weighted by atomic mass is 10.0. The van der Waals surface area contributed by atoms with Crippen LogP contribution in [0.2, 0.25) is 5.02 Å². The molecule has 4 rings (SSSR count). The third-order valence-corrected chi connectivity index (χ3v) is 5.51.